The lowest BCUT2D eigenvalue weighted by molar-refractivity contribution is -0.143. The quantitative estimate of drug-likeness (QED) is 0.847. The molecule has 23 heavy (non-hydrogen) atoms. The summed E-state index contributed by atoms with van der Waals surface area (Å²) in [5, 5.41) is 9.06. The Hall–Kier alpha value is -1.95. The van der Waals surface area contributed by atoms with Crippen LogP contribution in [0, 0.1) is 0 Å². The number of ether oxygens (including phenoxy) is 1. The van der Waals surface area contributed by atoms with Crippen molar-refractivity contribution in [2.75, 3.05) is 0 Å². The second-order valence-corrected chi connectivity index (χ2v) is 5.59. The van der Waals surface area contributed by atoms with Crippen molar-refractivity contribution in [1.82, 2.24) is 0 Å². The maximum Gasteiger partial charge on any atom is 0.416 e. The van der Waals surface area contributed by atoms with E-state index in [0.29, 0.717) is 18.4 Å². The van der Waals surface area contributed by atoms with Crippen LogP contribution in [-0.2, 0) is 11.0 Å². The molecule has 1 aromatic rings. The third-order valence-corrected chi connectivity index (χ3v) is 3.67. The van der Waals surface area contributed by atoms with Crippen LogP contribution < -0.4 is 4.74 Å². The third-order valence-electron chi connectivity index (χ3n) is 3.38. The van der Waals surface area contributed by atoms with Crippen LogP contribution in [0.4, 0.5) is 13.2 Å². The van der Waals surface area contributed by atoms with Gasteiger partial charge in [0.2, 0.25) is 6.10 Å². The van der Waals surface area contributed by atoms with Gasteiger partial charge >= 0.3 is 12.1 Å². The Morgan fingerprint density at radius 1 is 1.39 bits per heavy atom. The third kappa shape index (κ3) is 4.28. The number of alkyl halides is 3. The lowest BCUT2D eigenvalue weighted by Crippen LogP contribution is -2.30. The van der Waals surface area contributed by atoms with E-state index in [-0.39, 0.29) is 10.8 Å². The summed E-state index contributed by atoms with van der Waals surface area (Å²) in [6, 6.07) is 2.56. The summed E-state index contributed by atoms with van der Waals surface area (Å²) in [7, 11) is 0. The molecule has 0 fully saturated rings. The Labute approximate surface area is 136 Å². The first-order valence-corrected chi connectivity index (χ1v) is 7.19. The van der Waals surface area contributed by atoms with Gasteiger partial charge < -0.3 is 9.84 Å². The van der Waals surface area contributed by atoms with Crippen LogP contribution >= 0.6 is 11.6 Å². The molecule has 3 nitrogen and oxygen atoms in total. The number of allylic oxidation sites excluding steroid dienone is 3. The minimum absolute atomic E-state index is 0.0971. The number of rotatable bonds is 4. The Morgan fingerprint density at radius 2 is 2.09 bits per heavy atom. The number of hydrogen-bond donors (Lipinski definition) is 1. The van der Waals surface area contributed by atoms with E-state index < -0.39 is 23.8 Å². The van der Waals surface area contributed by atoms with E-state index in [1.807, 2.05) is 13.0 Å². The van der Waals surface area contributed by atoms with E-state index in [4.69, 9.17) is 16.3 Å². The summed E-state index contributed by atoms with van der Waals surface area (Å²) in [5.41, 5.74) is 0.547. The monoisotopic (exact) mass is 346 g/mol. The average molecular weight is 347 g/mol. The average Bonchev–Trinajstić information content (AvgIpc) is 2.44. The fraction of sp³-hybridized carbons (Fsp3) is 0.312. The van der Waals surface area contributed by atoms with Crippen molar-refractivity contribution in [2.24, 2.45) is 0 Å². The first-order chi connectivity index (χ1) is 10.7. The summed E-state index contributed by atoms with van der Waals surface area (Å²) in [6.07, 6.45) is -0.943. The number of carbonyl (C=O) groups is 1. The molecule has 1 atom stereocenters. The highest BCUT2D eigenvalue weighted by molar-refractivity contribution is 6.32. The van der Waals surface area contributed by atoms with Crippen molar-refractivity contribution in [3.8, 4) is 5.75 Å². The number of carboxylic acid groups (broad SMARTS) is 1. The molecule has 1 aromatic carbocycles. The Kier molecular flexibility index (Phi) is 5.04. The minimum Gasteiger partial charge on any atom is -0.478 e. The highest BCUT2D eigenvalue weighted by Crippen LogP contribution is 2.35. The topological polar surface area (TPSA) is 46.5 Å². The van der Waals surface area contributed by atoms with Crippen molar-refractivity contribution < 1.29 is 27.8 Å². The van der Waals surface area contributed by atoms with Crippen molar-refractivity contribution in [3.05, 3.63) is 52.1 Å². The number of carboxylic acids is 1. The number of hydrogen-bond acceptors (Lipinski definition) is 2. The second kappa shape index (κ2) is 6.66. The zero-order valence-corrected chi connectivity index (χ0v) is 12.9. The summed E-state index contributed by atoms with van der Waals surface area (Å²) < 4.78 is 43.2. The van der Waals surface area contributed by atoms with Gasteiger partial charge in [-0.1, -0.05) is 29.3 Å². The van der Waals surface area contributed by atoms with Gasteiger partial charge in [-0.2, -0.15) is 13.2 Å². The predicted octanol–water partition coefficient (Wildman–Crippen LogP) is 4.86. The predicted molar refractivity (Wildman–Crippen MR) is 79.6 cm³/mol. The number of aliphatic carboxylic acids is 1. The number of halogens is 4. The van der Waals surface area contributed by atoms with Crippen LogP contribution in [0.2, 0.25) is 5.02 Å². The van der Waals surface area contributed by atoms with E-state index >= 15 is 0 Å². The normalized spacial score (nSPS) is 16.4. The maximum absolute atomic E-state index is 12.6. The Bertz CT molecular complexity index is 678. The molecule has 0 radical (unpaired) electrons. The SMILES string of the molecule is CC1=CCCC(C(Oc2ccc(C(F)(F)F)cc2Cl)C(=O)O)=C1. The Morgan fingerprint density at radius 3 is 2.61 bits per heavy atom. The van der Waals surface area contributed by atoms with Crippen LogP contribution in [0.3, 0.4) is 0 Å². The van der Waals surface area contributed by atoms with Gasteiger partial charge in [-0.3, -0.25) is 0 Å². The summed E-state index contributed by atoms with van der Waals surface area (Å²) in [6.45, 7) is 1.84. The molecule has 0 heterocycles. The molecule has 1 aliphatic carbocycles. The van der Waals surface area contributed by atoms with Crippen LogP contribution in [0.1, 0.15) is 25.3 Å². The summed E-state index contributed by atoms with van der Waals surface area (Å²) >= 11 is 5.80. The van der Waals surface area contributed by atoms with Crippen molar-refractivity contribution in [2.45, 2.75) is 32.0 Å². The molecule has 1 N–H and O–H groups in total. The van der Waals surface area contributed by atoms with E-state index in [1.165, 1.54) is 0 Å². The van der Waals surface area contributed by atoms with Gasteiger partial charge in [0.05, 0.1) is 10.6 Å². The fourth-order valence-electron chi connectivity index (χ4n) is 2.28. The van der Waals surface area contributed by atoms with Crippen molar-refractivity contribution in [3.63, 3.8) is 0 Å². The molecule has 0 aromatic heterocycles. The summed E-state index contributed by atoms with van der Waals surface area (Å²) in [4.78, 5) is 11.4. The molecule has 0 amide bonds. The van der Waals surface area contributed by atoms with Crippen LogP contribution in [0.15, 0.2) is 41.5 Å². The maximum atomic E-state index is 12.6. The second-order valence-electron chi connectivity index (χ2n) is 5.19. The van der Waals surface area contributed by atoms with Crippen LogP contribution in [-0.4, -0.2) is 17.2 Å². The molecular weight excluding hydrogens is 333 g/mol. The lowest BCUT2D eigenvalue weighted by atomic mass is 9.96. The van der Waals surface area contributed by atoms with E-state index in [9.17, 15) is 23.1 Å². The smallest absolute Gasteiger partial charge is 0.416 e. The van der Waals surface area contributed by atoms with Crippen LogP contribution in [0.5, 0.6) is 5.75 Å². The molecule has 1 aliphatic rings. The summed E-state index contributed by atoms with van der Waals surface area (Å²) in [5.74, 6) is -1.32. The lowest BCUT2D eigenvalue weighted by Gasteiger charge is -2.21. The fourth-order valence-corrected chi connectivity index (χ4v) is 2.51. The number of benzene rings is 1. The van der Waals surface area contributed by atoms with Gasteiger partial charge in [0.15, 0.2) is 0 Å². The van der Waals surface area contributed by atoms with Gasteiger partial charge in [0, 0.05) is 0 Å². The molecule has 0 spiro atoms. The molecule has 124 valence electrons. The van der Waals surface area contributed by atoms with Crippen molar-refractivity contribution in [1.29, 1.82) is 0 Å². The zero-order chi connectivity index (χ0) is 17.2. The largest absolute Gasteiger partial charge is 0.478 e. The van der Waals surface area contributed by atoms with E-state index in [1.54, 1.807) is 6.08 Å². The molecular formula is C16H14ClF3O3. The van der Waals surface area contributed by atoms with E-state index in [2.05, 4.69) is 0 Å². The molecule has 0 aliphatic heterocycles. The molecule has 0 saturated heterocycles. The van der Waals surface area contributed by atoms with E-state index in [0.717, 1.165) is 23.8 Å². The first-order valence-electron chi connectivity index (χ1n) is 6.82. The van der Waals surface area contributed by atoms with Gasteiger partial charge in [0.1, 0.15) is 5.75 Å². The highest BCUT2D eigenvalue weighted by atomic mass is 35.5. The molecule has 0 saturated carbocycles. The molecule has 2 rings (SSSR count). The van der Waals surface area contributed by atoms with Gasteiger partial charge in [-0.15, -0.1) is 0 Å². The highest BCUT2D eigenvalue weighted by Gasteiger charge is 2.32. The minimum atomic E-state index is -4.53. The van der Waals surface area contributed by atoms with Crippen molar-refractivity contribution >= 4 is 17.6 Å². The van der Waals surface area contributed by atoms with Gasteiger partial charge in [0.25, 0.3) is 0 Å². The zero-order valence-electron chi connectivity index (χ0n) is 12.2. The van der Waals surface area contributed by atoms with Gasteiger partial charge in [-0.05, 0) is 43.5 Å². The Balaban J connectivity index is 2.28. The standard InChI is InChI=1S/C16H14ClF3O3/c1-9-3-2-4-10(7-9)14(15(21)22)23-13-6-5-11(8-12(13)17)16(18,19)20/h3,5-8,14H,2,4H2,1H3,(H,21,22). The van der Waals surface area contributed by atoms with Gasteiger partial charge in [-0.25, -0.2) is 4.79 Å². The molecule has 1 unspecified atom stereocenters. The molecule has 0 bridgehead atoms. The van der Waals surface area contributed by atoms with Crippen LogP contribution in [0.25, 0.3) is 0 Å². The first kappa shape index (κ1) is 17.4. The molecule has 7 heteroatoms.